The van der Waals surface area contributed by atoms with Crippen LogP contribution in [-0.4, -0.2) is 23.4 Å². The van der Waals surface area contributed by atoms with Gasteiger partial charge in [0.05, 0.1) is 18.2 Å². The topological polar surface area (TPSA) is 48.3 Å². The molecule has 1 aliphatic carbocycles. The van der Waals surface area contributed by atoms with Crippen LogP contribution < -0.4 is 0 Å². The van der Waals surface area contributed by atoms with Crippen LogP contribution >= 0.6 is 0 Å². The Kier molecular flexibility index (Phi) is 2.66. The lowest BCUT2D eigenvalue weighted by Crippen LogP contribution is -2.14. The maximum absolute atomic E-state index is 11.9. The van der Waals surface area contributed by atoms with Crippen LogP contribution in [0.4, 0.5) is 0 Å². The molecule has 4 nitrogen and oxygen atoms in total. The van der Waals surface area contributed by atoms with E-state index in [2.05, 4.69) is 0 Å². The number of fused-ring (bicyclic) bond motifs is 3. The van der Waals surface area contributed by atoms with E-state index in [1.54, 1.807) is 6.07 Å². The smallest absolute Gasteiger partial charge is 0.340 e. The van der Waals surface area contributed by atoms with Gasteiger partial charge in [-0.25, -0.2) is 4.79 Å². The lowest BCUT2D eigenvalue weighted by atomic mass is 9.94. The van der Waals surface area contributed by atoms with Crippen LogP contribution in [0.5, 0.6) is 0 Å². The number of nitrogens with zero attached hydrogens (tertiary/aromatic N) is 1. The van der Waals surface area contributed by atoms with Crippen molar-refractivity contribution in [2.45, 2.75) is 19.3 Å². The summed E-state index contributed by atoms with van der Waals surface area (Å²) in [6.45, 7) is 0. The Morgan fingerprint density at radius 1 is 1.32 bits per heavy atom. The van der Waals surface area contributed by atoms with E-state index in [4.69, 9.17) is 4.74 Å². The van der Waals surface area contributed by atoms with Crippen LogP contribution in [0.2, 0.25) is 0 Å². The van der Waals surface area contributed by atoms with Crippen molar-refractivity contribution >= 4 is 22.7 Å². The third-order valence-electron chi connectivity index (χ3n) is 3.87. The van der Waals surface area contributed by atoms with Crippen LogP contribution in [0.25, 0.3) is 10.9 Å². The maximum atomic E-state index is 11.9. The summed E-state index contributed by atoms with van der Waals surface area (Å²) in [4.78, 5) is 23.5. The van der Waals surface area contributed by atoms with Crippen LogP contribution in [0.1, 0.15) is 28.0 Å². The minimum atomic E-state index is -0.338. The molecule has 1 heterocycles. The molecule has 19 heavy (non-hydrogen) atoms. The van der Waals surface area contributed by atoms with Gasteiger partial charge in [-0.1, -0.05) is 12.1 Å². The van der Waals surface area contributed by atoms with Crippen molar-refractivity contribution in [3.8, 4) is 0 Å². The van der Waals surface area contributed by atoms with E-state index in [9.17, 15) is 9.59 Å². The highest BCUT2D eigenvalue weighted by Crippen LogP contribution is 2.32. The zero-order valence-electron chi connectivity index (χ0n) is 11.0. The van der Waals surface area contributed by atoms with Crippen LogP contribution in [0.3, 0.4) is 0 Å². The Morgan fingerprint density at radius 2 is 2.11 bits per heavy atom. The lowest BCUT2D eigenvalue weighted by Gasteiger charge is -2.12. The second-order valence-corrected chi connectivity index (χ2v) is 4.89. The van der Waals surface area contributed by atoms with E-state index in [-0.39, 0.29) is 11.8 Å². The average molecular weight is 257 g/mol. The Labute approximate surface area is 111 Å². The van der Waals surface area contributed by atoms with Crippen molar-refractivity contribution < 1.29 is 14.3 Å². The molecule has 0 saturated carbocycles. The maximum Gasteiger partial charge on any atom is 0.340 e. The first-order chi connectivity index (χ1) is 9.13. The van der Waals surface area contributed by atoms with Crippen LogP contribution in [0, 0.1) is 0 Å². The predicted octanol–water partition coefficient (Wildman–Crippen LogP) is 2.02. The first-order valence-corrected chi connectivity index (χ1v) is 6.32. The van der Waals surface area contributed by atoms with Gasteiger partial charge in [-0.05, 0) is 18.1 Å². The Bertz CT molecular complexity index is 697. The van der Waals surface area contributed by atoms with Gasteiger partial charge in [0, 0.05) is 31.0 Å². The highest BCUT2D eigenvalue weighted by atomic mass is 16.5. The average Bonchev–Trinajstić information content (AvgIpc) is 2.71. The Balaban J connectivity index is 2.34. The summed E-state index contributed by atoms with van der Waals surface area (Å²) >= 11 is 0. The van der Waals surface area contributed by atoms with E-state index >= 15 is 0 Å². The summed E-state index contributed by atoms with van der Waals surface area (Å²) in [6.07, 6.45) is 1.81. The van der Waals surface area contributed by atoms with Crippen molar-refractivity contribution in [2.24, 2.45) is 7.05 Å². The molecule has 0 amide bonds. The fourth-order valence-corrected chi connectivity index (χ4v) is 2.98. The number of para-hydroxylation sites is 1. The molecule has 1 aliphatic rings. The SMILES string of the molecule is COC(=O)c1cccc2c3c(n(C)c12)CCC(=O)C3. The van der Waals surface area contributed by atoms with Crippen LogP contribution in [0.15, 0.2) is 18.2 Å². The third kappa shape index (κ3) is 1.67. The Morgan fingerprint density at radius 3 is 2.84 bits per heavy atom. The number of benzene rings is 1. The number of ether oxygens (including phenoxy) is 1. The molecule has 4 heteroatoms. The molecule has 1 aromatic heterocycles. The molecule has 0 spiro atoms. The van der Waals surface area contributed by atoms with E-state index in [1.165, 1.54) is 7.11 Å². The third-order valence-corrected chi connectivity index (χ3v) is 3.87. The van der Waals surface area contributed by atoms with Gasteiger partial charge in [-0.15, -0.1) is 0 Å². The second-order valence-electron chi connectivity index (χ2n) is 4.89. The monoisotopic (exact) mass is 257 g/mol. The molecule has 0 radical (unpaired) electrons. The van der Waals surface area contributed by atoms with E-state index in [0.717, 1.165) is 28.6 Å². The molecule has 2 aromatic rings. The summed E-state index contributed by atoms with van der Waals surface area (Å²) in [5.74, 6) is -0.0710. The number of methoxy groups -OCH3 is 1. The minimum Gasteiger partial charge on any atom is -0.465 e. The number of Topliss-reactive ketones (excluding diaryl/α,β-unsaturated/α-hetero) is 1. The lowest BCUT2D eigenvalue weighted by molar-refractivity contribution is -0.118. The van der Waals surface area contributed by atoms with E-state index in [1.807, 2.05) is 23.7 Å². The predicted molar refractivity (Wildman–Crippen MR) is 71.3 cm³/mol. The molecular weight excluding hydrogens is 242 g/mol. The van der Waals surface area contributed by atoms with Crippen molar-refractivity contribution in [3.05, 3.63) is 35.0 Å². The van der Waals surface area contributed by atoms with Crippen molar-refractivity contribution in [1.29, 1.82) is 0 Å². The summed E-state index contributed by atoms with van der Waals surface area (Å²) in [5.41, 5.74) is 3.66. The van der Waals surface area contributed by atoms with Gasteiger partial charge in [0.1, 0.15) is 5.78 Å². The highest BCUT2D eigenvalue weighted by molar-refractivity contribution is 6.05. The molecule has 0 N–H and O–H groups in total. The van der Waals surface area contributed by atoms with Gasteiger partial charge in [0.2, 0.25) is 0 Å². The molecular formula is C15H15NO3. The normalized spacial score (nSPS) is 14.5. The molecule has 1 aromatic carbocycles. The standard InChI is InChI=1S/C15H15NO3/c1-16-13-7-6-9(17)8-12(13)10-4-3-5-11(14(10)16)15(18)19-2/h3-5H,6-8H2,1-2H3. The number of ketones is 1. The van der Waals surface area contributed by atoms with Gasteiger partial charge < -0.3 is 9.30 Å². The van der Waals surface area contributed by atoms with Crippen LogP contribution in [-0.2, 0) is 29.4 Å². The summed E-state index contributed by atoms with van der Waals surface area (Å²) in [5, 5.41) is 0.994. The Hall–Kier alpha value is -2.10. The number of carbonyl (C=O) groups is 2. The van der Waals surface area contributed by atoms with Gasteiger partial charge in [0.15, 0.2) is 0 Å². The van der Waals surface area contributed by atoms with Gasteiger partial charge in [-0.3, -0.25) is 4.79 Å². The number of hydrogen-bond donors (Lipinski definition) is 0. The molecule has 0 fully saturated rings. The molecule has 3 rings (SSSR count). The number of carbonyl (C=O) groups excluding carboxylic acids is 2. The summed E-state index contributed by atoms with van der Waals surface area (Å²) in [7, 11) is 3.33. The van der Waals surface area contributed by atoms with Crippen molar-refractivity contribution in [3.63, 3.8) is 0 Å². The van der Waals surface area contributed by atoms with Gasteiger partial charge in [-0.2, -0.15) is 0 Å². The number of esters is 1. The van der Waals surface area contributed by atoms with E-state index in [0.29, 0.717) is 18.4 Å². The highest BCUT2D eigenvalue weighted by Gasteiger charge is 2.25. The number of aryl methyl sites for hydroxylation is 1. The summed E-state index contributed by atoms with van der Waals surface area (Å²) < 4.78 is 6.86. The molecule has 98 valence electrons. The molecule has 0 bridgehead atoms. The minimum absolute atomic E-state index is 0.267. The number of rotatable bonds is 1. The second kappa shape index (κ2) is 4.23. The zero-order valence-corrected chi connectivity index (χ0v) is 11.0. The molecule has 0 aliphatic heterocycles. The van der Waals surface area contributed by atoms with E-state index < -0.39 is 0 Å². The van der Waals surface area contributed by atoms with Gasteiger partial charge in [0.25, 0.3) is 0 Å². The first-order valence-electron chi connectivity index (χ1n) is 6.32. The molecule has 0 atom stereocenters. The van der Waals surface area contributed by atoms with Crippen molar-refractivity contribution in [2.75, 3.05) is 7.11 Å². The van der Waals surface area contributed by atoms with Crippen molar-refractivity contribution in [1.82, 2.24) is 4.57 Å². The first kappa shape index (κ1) is 12.0. The zero-order chi connectivity index (χ0) is 13.6. The quantitative estimate of drug-likeness (QED) is 0.734. The molecule has 0 unspecified atom stereocenters. The molecule has 0 saturated heterocycles. The fourth-order valence-electron chi connectivity index (χ4n) is 2.98. The largest absolute Gasteiger partial charge is 0.465 e. The number of hydrogen-bond acceptors (Lipinski definition) is 3. The van der Waals surface area contributed by atoms with Gasteiger partial charge >= 0.3 is 5.97 Å². The fraction of sp³-hybridized carbons (Fsp3) is 0.333. The number of aromatic nitrogens is 1. The summed E-state index contributed by atoms with van der Waals surface area (Å²) in [6, 6.07) is 5.58.